The Bertz CT molecular complexity index is 195. The molecule has 1 saturated carbocycles. The van der Waals surface area contributed by atoms with Gasteiger partial charge in [-0.1, -0.05) is 27.7 Å². The first-order valence-electron chi connectivity index (χ1n) is 6.83. The molecule has 0 saturated heterocycles. The van der Waals surface area contributed by atoms with Crippen molar-refractivity contribution in [2.45, 2.75) is 53.0 Å². The predicted octanol–water partition coefficient (Wildman–Crippen LogP) is 2.74. The second-order valence-electron chi connectivity index (χ2n) is 6.58. The van der Waals surface area contributed by atoms with Crippen LogP contribution in [0.1, 0.15) is 47.0 Å². The first-order valence-corrected chi connectivity index (χ1v) is 6.83. The molecule has 2 nitrogen and oxygen atoms in total. The Morgan fingerprint density at radius 2 is 1.94 bits per heavy atom. The molecule has 1 fully saturated rings. The molecule has 0 spiro atoms. The molecule has 0 amide bonds. The van der Waals surface area contributed by atoms with Crippen LogP contribution in [0.15, 0.2) is 0 Å². The molecule has 1 rings (SSSR count). The van der Waals surface area contributed by atoms with Crippen molar-refractivity contribution in [3.63, 3.8) is 0 Å². The van der Waals surface area contributed by atoms with Crippen molar-refractivity contribution < 1.29 is 0 Å². The van der Waals surface area contributed by atoms with Crippen LogP contribution in [0.3, 0.4) is 0 Å². The largest absolute Gasteiger partial charge is 0.319 e. The Morgan fingerprint density at radius 1 is 1.31 bits per heavy atom. The maximum atomic E-state index is 3.31. The van der Waals surface area contributed by atoms with E-state index in [1.807, 2.05) is 0 Å². The van der Waals surface area contributed by atoms with Crippen molar-refractivity contribution in [2.24, 2.45) is 11.3 Å². The lowest BCUT2D eigenvalue weighted by Crippen LogP contribution is -2.41. The first kappa shape index (κ1) is 14.0. The van der Waals surface area contributed by atoms with Gasteiger partial charge in [0.1, 0.15) is 0 Å². The van der Waals surface area contributed by atoms with Gasteiger partial charge < -0.3 is 5.32 Å². The van der Waals surface area contributed by atoms with E-state index in [4.69, 9.17) is 0 Å². The van der Waals surface area contributed by atoms with E-state index in [2.05, 4.69) is 45.0 Å². The second-order valence-corrected chi connectivity index (χ2v) is 6.58. The molecule has 16 heavy (non-hydrogen) atoms. The number of hydrogen-bond acceptors (Lipinski definition) is 2. The summed E-state index contributed by atoms with van der Waals surface area (Å²) in [6.07, 6.45) is 4.19. The third-order valence-corrected chi connectivity index (χ3v) is 3.34. The smallest absolute Gasteiger partial charge is 0.00966 e. The Morgan fingerprint density at radius 3 is 2.38 bits per heavy atom. The third kappa shape index (κ3) is 5.31. The molecule has 2 heteroatoms. The lowest BCUT2D eigenvalue weighted by Gasteiger charge is -2.33. The Kier molecular flexibility index (Phi) is 5.26. The van der Waals surface area contributed by atoms with Gasteiger partial charge in [0.05, 0.1) is 0 Å². The van der Waals surface area contributed by atoms with Crippen LogP contribution in [0.2, 0.25) is 0 Å². The van der Waals surface area contributed by atoms with Gasteiger partial charge in [-0.3, -0.25) is 4.90 Å². The molecule has 0 aromatic rings. The van der Waals surface area contributed by atoms with Gasteiger partial charge in [0, 0.05) is 19.1 Å². The van der Waals surface area contributed by atoms with Crippen LogP contribution in [0.4, 0.5) is 0 Å². The zero-order chi connectivity index (χ0) is 12.2. The molecule has 0 unspecified atom stereocenters. The van der Waals surface area contributed by atoms with Crippen molar-refractivity contribution in [2.75, 3.05) is 26.7 Å². The molecule has 0 heterocycles. The summed E-state index contributed by atoms with van der Waals surface area (Å²) < 4.78 is 0. The fraction of sp³-hybridized carbons (Fsp3) is 1.00. The predicted molar refractivity (Wildman–Crippen MR) is 71.8 cm³/mol. The van der Waals surface area contributed by atoms with Gasteiger partial charge in [0.15, 0.2) is 0 Å². The van der Waals surface area contributed by atoms with E-state index in [9.17, 15) is 0 Å². The summed E-state index contributed by atoms with van der Waals surface area (Å²) in [6.45, 7) is 13.0. The fourth-order valence-corrected chi connectivity index (χ4v) is 2.34. The molecular weight excluding hydrogens is 196 g/mol. The minimum atomic E-state index is 0.397. The minimum Gasteiger partial charge on any atom is -0.319 e. The van der Waals surface area contributed by atoms with Gasteiger partial charge in [-0.25, -0.2) is 0 Å². The van der Waals surface area contributed by atoms with E-state index in [0.717, 1.165) is 18.5 Å². The van der Waals surface area contributed by atoms with Crippen molar-refractivity contribution in [1.82, 2.24) is 10.2 Å². The van der Waals surface area contributed by atoms with E-state index in [-0.39, 0.29) is 0 Å². The fourth-order valence-electron chi connectivity index (χ4n) is 2.34. The molecule has 0 aromatic heterocycles. The van der Waals surface area contributed by atoms with Crippen LogP contribution in [-0.2, 0) is 0 Å². The summed E-state index contributed by atoms with van der Waals surface area (Å²) in [4.78, 5) is 2.72. The molecule has 1 aliphatic carbocycles. The topological polar surface area (TPSA) is 15.3 Å². The molecule has 96 valence electrons. The van der Waals surface area contributed by atoms with Crippen molar-refractivity contribution in [1.29, 1.82) is 0 Å². The Hall–Kier alpha value is -0.0800. The molecular formula is C14H30N2. The van der Waals surface area contributed by atoms with Crippen molar-refractivity contribution >= 4 is 0 Å². The average Bonchev–Trinajstić information content (AvgIpc) is 2.94. The van der Waals surface area contributed by atoms with Crippen molar-refractivity contribution in [3.05, 3.63) is 0 Å². The molecule has 0 aliphatic heterocycles. The highest BCUT2D eigenvalue weighted by Crippen LogP contribution is 2.30. The maximum Gasteiger partial charge on any atom is 0.00966 e. The number of nitrogens with zero attached hydrogens (tertiary/aromatic N) is 1. The van der Waals surface area contributed by atoms with E-state index in [1.165, 1.54) is 32.4 Å². The Balaban J connectivity index is 2.38. The normalized spacial score (nSPS) is 17.4. The van der Waals surface area contributed by atoms with E-state index < -0.39 is 0 Å². The summed E-state index contributed by atoms with van der Waals surface area (Å²) in [5.41, 5.74) is 0.397. The van der Waals surface area contributed by atoms with Gasteiger partial charge >= 0.3 is 0 Å². The zero-order valence-electron chi connectivity index (χ0n) is 11.8. The number of rotatable bonds is 8. The maximum absolute atomic E-state index is 3.31. The zero-order valence-corrected chi connectivity index (χ0v) is 11.8. The molecule has 0 atom stereocenters. The summed E-state index contributed by atoms with van der Waals surface area (Å²) in [5.74, 6) is 0.827. The van der Waals surface area contributed by atoms with Crippen LogP contribution in [0.5, 0.6) is 0 Å². The second kappa shape index (κ2) is 6.02. The highest BCUT2D eigenvalue weighted by atomic mass is 15.2. The van der Waals surface area contributed by atoms with E-state index in [0.29, 0.717) is 5.41 Å². The van der Waals surface area contributed by atoms with Crippen LogP contribution in [-0.4, -0.2) is 37.6 Å². The molecule has 1 N–H and O–H groups in total. The average molecular weight is 226 g/mol. The lowest BCUT2D eigenvalue weighted by atomic mass is 9.92. The van der Waals surface area contributed by atoms with Gasteiger partial charge in [0.2, 0.25) is 0 Å². The summed E-state index contributed by atoms with van der Waals surface area (Å²) in [5, 5.41) is 3.31. The van der Waals surface area contributed by atoms with Gasteiger partial charge in [-0.15, -0.1) is 0 Å². The molecule has 1 aliphatic rings. The van der Waals surface area contributed by atoms with Gasteiger partial charge in [0.25, 0.3) is 0 Å². The summed E-state index contributed by atoms with van der Waals surface area (Å²) in [6, 6.07) is 0.898. The summed E-state index contributed by atoms with van der Waals surface area (Å²) >= 11 is 0. The molecule has 0 radical (unpaired) electrons. The lowest BCUT2D eigenvalue weighted by molar-refractivity contribution is 0.161. The van der Waals surface area contributed by atoms with Crippen LogP contribution in [0.25, 0.3) is 0 Å². The molecule has 0 aromatic carbocycles. The summed E-state index contributed by atoms with van der Waals surface area (Å²) in [7, 11) is 2.05. The number of nitrogens with one attached hydrogen (secondary N) is 1. The number of hydrogen-bond donors (Lipinski definition) is 1. The standard InChI is InChI=1S/C14H30N2/c1-12(2)8-9-16(13-6-7-13)11-14(3,4)10-15-5/h12-13,15H,6-11H2,1-5H3. The van der Waals surface area contributed by atoms with Crippen LogP contribution in [0, 0.1) is 11.3 Å². The van der Waals surface area contributed by atoms with Gasteiger partial charge in [-0.05, 0) is 44.2 Å². The first-order chi connectivity index (χ1) is 7.44. The van der Waals surface area contributed by atoms with Crippen LogP contribution < -0.4 is 5.32 Å². The SMILES string of the molecule is CNCC(C)(C)CN(CCC(C)C)C1CC1. The van der Waals surface area contributed by atoms with E-state index >= 15 is 0 Å². The molecule has 0 bridgehead atoms. The quantitative estimate of drug-likeness (QED) is 0.684. The van der Waals surface area contributed by atoms with Crippen LogP contribution >= 0.6 is 0 Å². The highest BCUT2D eigenvalue weighted by molar-refractivity contribution is 4.88. The monoisotopic (exact) mass is 226 g/mol. The third-order valence-electron chi connectivity index (χ3n) is 3.34. The van der Waals surface area contributed by atoms with Crippen molar-refractivity contribution in [3.8, 4) is 0 Å². The Labute approximate surface area is 102 Å². The highest BCUT2D eigenvalue weighted by Gasteiger charge is 2.32. The van der Waals surface area contributed by atoms with E-state index in [1.54, 1.807) is 0 Å². The minimum absolute atomic E-state index is 0.397. The van der Waals surface area contributed by atoms with Gasteiger partial charge in [-0.2, -0.15) is 0 Å².